The van der Waals surface area contributed by atoms with Crippen LogP contribution in [0.5, 0.6) is 0 Å². The fourth-order valence-electron chi connectivity index (χ4n) is 3.27. The molecule has 0 atom stereocenters. The molecule has 3 rings (SSSR count). The maximum Gasteiger partial charge on any atom is 0.339 e. The number of carbonyl (C=O) groups is 2. The Morgan fingerprint density at radius 3 is 2.33 bits per heavy atom. The number of hydrogen-bond acceptors (Lipinski definition) is 6. The molecule has 160 valence electrons. The van der Waals surface area contributed by atoms with Gasteiger partial charge >= 0.3 is 5.97 Å². The molecule has 0 unspecified atom stereocenters. The molecule has 2 heterocycles. The van der Waals surface area contributed by atoms with E-state index in [1.54, 1.807) is 26.0 Å². The molecule has 8 nitrogen and oxygen atoms in total. The quantitative estimate of drug-likeness (QED) is 0.705. The number of rotatable bonds is 6. The first kappa shape index (κ1) is 21.9. The number of benzene rings is 1. The van der Waals surface area contributed by atoms with Gasteiger partial charge in [0.15, 0.2) is 0 Å². The lowest BCUT2D eigenvalue weighted by atomic mass is 10.2. The van der Waals surface area contributed by atoms with E-state index in [1.807, 2.05) is 0 Å². The lowest BCUT2D eigenvalue weighted by molar-refractivity contribution is 0.0524. The molecule has 1 N–H and O–H groups in total. The van der Waals surface area contributed by atoms with Crippen LogP contribution in [0.3, 0.4) is 0 Å². The zero-order valence-electron chi connectivity index (χ0n) is 17.1. The highest BCUT2D eigenvalue weighted by Crippen LogP contribution is 2.22. The van der Waals surface area contributed by atoms with Crippen molar-refractivity contribution < 1.29 is 22.7 Å². The van der Waals surface area contributed by atoms with Crippen molar-refractivity contribution in [3.8, 4) is 0 Å². The number of sulfonamides is 1. The van der Waals surface area contributed by atoms with Crippen molar-refractivity contribution in [3.63, 3.8) is 0 Å². The number of amides is 1. The molecule has 1 aromatic carbocycles. The van der Waals surface area contributed by atoms with Crippen molar-refractivity contribution >= 4 is 27.6 Å². The first-order valence-corrected chi connectivity index (χ1v) is 11.3. The first-order chi connectivity index (χ1) is 14.3. The minimum absolute atomic E-state index is 0.144. The van der Waals surface area contributed by atoms with Crippen LogP contribution >= 0.6 is 0 Å². The van der Waals surface area contributed by atoms with E-state index in [4.69, 9.17) is 4.74 Å². The maximum absolute atomic E-state index is 12.7. The van der Waals surface area contributed by atoms with Crippen LogP contribution in [0.1, 0.15) is 52.7 Å². The summed E-state index contributed by atoms with van der Waals surface area (Å²) in [5, 5.41) is 2.69. The standard InChI is InChI=1S/C21H25N3O5S/c1-3-29-21(26)18-11-12-19(22-15(18)2)20(25)23-16-7-9-17(10-8-16)30(27,28)24-13-5-4-6-14-24/h7-12H,3-6,13-14H2,1-2H3,(H,23,25). The number of carbonyl (C=O) groups excluding carboxylic acids is 2. The zero-order chi connectivity index (χ0) is 21.7. The van der Waals surface area contributed by atoms with Crippen LogP contribution in [0.2, 0.25) is 0 Å². The van der Waals surface area contributed by atoms with Gasteiger partial charge in [0.05, 0.1) is 22.8 Å². The van der Waals surface area contributed by atoms with E-state index in [1.165, 1.54) is 28.6 Å². The number of aromatic nitrogens is 1. The number of anilines is 1. The van der Waals surface area contributed by atoms with Gasteiger partial charge in [0.2, 0.25) is 10.0 Å². The van der Waals surface area contributed by atoms with Crippen molar-refractivity contribution in [2.75, 3.05) is 25.0 Å². The molecular weight excluding hydrogens is 406 g/mol. The van der Waals surface area contributed by atoms with Crippen LogP contribution in [0.25, 0.3) is 0 Å². The minimum atomic E-state index is -3.52. The Morgan fingerprint density at radius 1 is 1.07 bits per heavy atom. The molecule has 9 heteroatoms. The Hall–Kier alpha value is -2.78. The van der Waals surface area contributed by atoms with E-state index < -0.39 is 21.9 Å². The summed E-state index contributed by atoms with van der Waals surface area (Å²) in [6.07, 6.45) is 2.79. The van der Waals surface area contributed by atoms with Gasteiger partial charge in [0, 0.05) is 18.8 Å². The molecule has 30 heavy (non-hydrogen) atoms. The molecule has 2 aromatic rings. The summed E-state index contributed by atoms with van der Waals surface area (Å²) < 4.78 is 31.9. The van der Waals surface area contributed by atoms with Gasteiger partial charge in [-0.05, 0) is 63.1 Å². The smallest absolute Gasteiger partial charge is 0.339 e. The second-order valence-electron chi connectivity index (χ2n) is 6.99. The number of pyridine rings is 1. The van der Waals surface area contributed by atoms with Gasteiger partial charge in [-0.2, -0.15) is 4.31 Å². The summed E-state index contributed by atoms with van der Waals surface area (Å²) in [5.41, 5.74) is 1.29. The summed E-state index contributed by atoms with van der Waals surface area (Å²) in [4.78, 5) is 28.7. The van der Waals surface area contributed by atoms with E-state index >= 15 is 0 Å². The van der Waals surface area contributed by atoms with Crippen molar-refractivity contribution in [3.05, 3.63) is 53.3 Å². The number of nitrogens with zero attached hydrogens (tertiary/aromatic N) is 2. The lowest BCUT2D eigenvalue weighted by Crippen LogP contribution is -2.35. The van der Waals surface area contributed by atoms with Crippen molar-refractivity contribution in [2.45, 2.75) is 38.0 Å². The molecule has 0 spiro atoms. The summed E-state index contributed by atoms with van der Waals surface area (Å²) >= 11 is 0. The van der Waals surface area contributed by atoms with E-state index in [0.29, 0.717) is 30.0 Å². The third-order valence-electron chi connectivity index (χ3n) is 4.88. The van der Waals surface area contributed by atoms with Crippen molar-refractivity contribution in [1.82, 2.24) is 9.29 Å². The maximum atomic E-state index is 12.7. The molecule has 1 aromatic heterocycles. The van der Waals surface area contributed by atoms with Gasteiger partial charge in [-0.3, -0.25) is 4.79 Å². The van der Waals surface area contributed by atoms with Crippen molar-refractivity contribution in [1.29, 1.82) is 0 Å². The molecule has 1 fully saturated rings. The average molecular weight is 432 g/mol. The van der Waals surface area contributed by atoms with E-state index in [0.717, 1.165) is 19.3 Å². The van der Waals surface area contributed by atoms with Crippen LogP contribution in [0, 0.1) is 6.92 Å². The van der Waals surface area contributed by atoms with Gasteiger partial charge in [0.1, 0.15) is 5.69 Å². The number of hydrogen-bond donors (Lipinski definition) is 1. The van der Waals surface area contributed by atoms with E-state index in [2.05, 4.69) is 10.3 Å². The fourth-order valence-corrected chi connectivity index (χ4v) is 4.79. The highest BCUT2D eigenvalue weighted by Gasteiger charge is 2.25. The molecule has 0 saturated carbocycles. The number of aryl methyl sites for hydroxylation is 1. The lowest BCUT2D eigenvalue weighted by Gasteiger charge is -2.25. The Morgan fingerprint density at radius 2 is 1.73 bits per heavy atom. The second-order valence-corrected chi connectivity index (χ2v) is 8.93. The molecule has 1 aliphatic heterocycles. The van der Waals surface area contributed by atoms with Crippen LogP contribution in [0.4, 0.5) is 5.69 Å². The van der Waals surface area contributed by atoms with Gasteiger partial charge in [-0.25, -0.2) is 18.2 Å². The monoisotopic (exact) mass is 431 g/mol. The van der Waals surface area contributed by atoms with E-state index in [-0.39, 0.29) is 17.2 Å². The predicted molar refractivity (Wildman–Crippen MR) is 112 cm³/mol. The molecule has 1 saturated heterocycles. The summed E-state index contributed by atoms with van der Waals surface area (Å²) in [6.45, 7) is 4.67. The number of esters is 1. The normalized spacial score (nSPS) is 14.9. The predicted octanol–water partition coefficient (Wildman–Crippen LogP) is 2.99. The zero-order valence-corrected chi connectivity index (χ0v) is 17.9. The number of nitrogens with one attached hydrogen (secondary N) is 1. The highest BCUT2D eigenvalue weighted by atomic mass is 32.2. The molecule has 0 radical (unpaired) electrons. The SMILES string of the molecule is CCOC(=O)c1ccc(C(=O)Nc2ccc(S(=O)(=O)N3CCCCC3)cc2)nc1C. The van der Waals surface area contributed by atoms with Gasteiger partial charge < -0.3 is 10.1 Å². The number of piperidine rings is 1. The first-order valence-electron chi connectivity index (χ1n) is 9.89. The van der Waals surface area contributed by atoms with Crippen LogP contribution in [0.15, 0.2) is 41.3 Å². The Bertz CT molecular complexity index is 1030. The Labute approximate surface area is 176 Å². The van der Waals surface area contributed by atoms with Gasteiger partial charge in [-0.15, -0.1) is 0 Å². The van der Waals surface area contributed by atoms with Crippen LogP contribution in [-0.4, -0.2) is 49.3 Å². The molecule has 1 amide bonds. The summed E-state index contributed by atoms with van der Waals surface area (Å²) in [6, 6.07) is 9.03. The molecule has 0 bridgehead atoms. The summed E-state index contributed by atoms with van der Waals surface area (Å²) in [5.74, 6) is -0.944. The third-order valence-corrected chi connectivity index (χ3v) is 6.79. The van der Waals surface area contributed by atoms with Gasteiger partial charge in [-0.1, -0.05) is 6.42 Å². The molecular formula is C21H25N3O5S. The summed E-state index contributed by atoms with van der Waals surface area (Å²) in [7, 11) is -3.52. The van der Waals surface area contributed by atoms with Crippen LogP contribution in [-0.2, 0) is 14.8 Å². The Balaban J connectivity index is 1.70. The van der Waals surface area contributed by atoms with Crippen molar-refractivity contribution in [2.24, 2.45) is 0 Å². The topological polar surface area (TPSA) is 106 Å². The highest BCUT2D eigenvalue weighted by molar-refractivity contribution is 7.89. The van der Waals surface area contributed by atoms with Gasteiger partial charge in [0.25, 0.3) is 5.91 Å². The molecule has 1 aliphatic rings. The number of ether oxygens (including phenoxy) is 1. The van der Waals surface area contributed by atoms with Crippen LogP contribution < -0.4 is 5.32 Å². The Kier molecular flexibility index (Phi) is 6.84. The fraction of sp³-hybridized carbons (Fsp3) is 0.381. The third kappa shape index (κ3) is 4.85. The minimum Gasteiger partial charge on any atom is -0.462 e. The average Bonchev–Trinajstić information content (AvgIpc) is 2.74. The van der Waals surface area contributed by atoms with E-state index in [9.17, 15) is 18.0 Å². The second kappa shape index (κ2) is 9.36. The molecule has 0 aliphatic carbocycles. The largest absolute Gasteiger partial charge is 0.462 e.